The lowest BCUT2D eigenvalue weighted by Gasteiger charge is -2.13. The molecule has 0 saturated heterocycles. The molecule has 0 aromatic carbocycles. The van der Waals surface area contributed by atoms with E-state index in [-0.39, 0.29) is 24.0 Å². The Morgan fingerprint density at radius 3 is 2.69 bits per heavy atom. The lowest BCUT2D eigenvalue weighted by Crippen LogP contribution is -2.14. The molecule has 0 fully saturated rings. The fourth-order valence-corrected chi connectivity index (χ4v) is 2.70. The third-order valence-corrected chi connectivity index (χ3v) is 4.17. The first-order valence-electron chi connectivity index (χ1n) is 9.29. The third kappa shape index (κ3) is 9.33. The van der Waals surface area contributed by atoms with E-state index in [0.29, 0.717) is 19.3 Å². The molecule has 0 radical (unpaired) electrons. The van der Waals surface area contributed by atoms with Gasteiger partial charge in [0.05, 0.1) is 6.10 Å². The summed E-state index contributed by atoms with van der Waals surface area (Å²) in [6.07, 6.45) is 22.1. The summed E-state index contributed by atoms with van der Waals surface area (Å²) in [4.78, 5) is 22.4. The molecule has 0 aromatic heterocycles. The summed E-state index contributed by atoms with van der Waals surface area (Å²) in [6, 6.07) is 0. The number of allylic oxidation sites excluding steroid dienone is 8. The molecular weight excluding hydrogens is 328 g/mol. The van der Waals surface area contributed by atoms with Gasteiger partial charge in [0, 0.05) is 18.3 Å². The Labute approximate surface area is 156 Å². The second-order valence-electron chi connectivity index (χ2n) is 6.36. The molecule has 26 heavy (non-hydrogen) atoms. The fourth-order valence-electron chi connectivity index (χ4n) is 2.70. The molecule has 0 heterocycles. The average Bonchev–Trinajstić information content (AvgIpc) is 2.95. The van der Waals surface area contributed by atoms with Crippen LogP contribution in [0.4, 0.5) is 0 Å². The van der Waals surface area contributed by atoms with Gasteiger partial charge in [-0.1, -0.05) is 61.6 Å². The van der Waals surface area contributed by atoms with Gasteiger partial charge < -0.3 is 10.2 Å². The highest BCUT2D eigenvalue weighted by Crippen LogP contribution is 2.27. The molecule has 3 atom stereocenters. The topological polar surface area (TPSA) is 74.6 Å². The highest BCUT2D eigenvalue weighted by Gasteiger charge is 2.27. The largest absolute Gasteiger partial charge is 0.481 e. The standard InChI is InChI=1S/C22H30O4/c1-2-3-8-11-19(23)16-14-18-15-17-21(24)20(18)12-9-6-4-5-7-10-13-22(25)26/h3,5-9,14-20,23H,2,4,10-13H2,1H3,(H,25,26)/b7-5-,8-3-,9-6-,16-14+/t18-,19+,20-/m1/s1. The van der Waals surface area contributed by atoms with Crippen LogP contribution in [0.15, 0.2) is 60.8 Å². The summed E-state index contributed by atoms with van der Waals surface area (Å²) < 4.78 is 0. The van der Waals surface area contributed by atoms with E-state index in [0.717, 1.165) is 12.8 Å². The first kappa shape index (κ1) is 21.8. The monoisotopic (exact) mass is 358 g/mol. The molecule has 1 aliphatic carbocycles. The van der Waals surface area contributed by atoms with Crippen LogP contribution < -0.4 is 0 Å². The molecule has 4 heteroatoms. The van der Waals surface area contributed by atoms with Gasteiger partial charge in [-0.15, -0.1) is 0 Å². The minimum absolute atomic E-state index is 0.0306. The Balaban J connectivity index is 2.39. The van der Waals surface area contributed by atoms with Crippen molar-refractivity contribution in [2.24, 2.45) is 11.8 Å². The van der Waals surface area contributed by atoms with Crippen LogP contribution in [0.1, 0.15) is 45.4 Å². The van der Waals surface area contributed by atoms with E-state index in [1.54, 1.807) is 12.2 Å². The van der Waals surface area contributed by atoms with Crippen molar-refractivity contribution < 1.29 is 19.8 Å². The molecule has 142 valence electrons. The SMILES string of the molecule is CC/C=C\C[C@H](O)/C=C/[C@@H]1C=CC(=O)[C@@H]1C/C=C\C/C=C\CCC(=O)O. The maximum atomic E-state index is 12.0. The Morgan fingerprint density at radius 1 is 1.19 bits per heavy atom. The zero-order valence-electron chi connectivity index (χ0n) is 15.5. The number of rotatable bonds is 12. The lowest BCUT2D eigenvalue weighted by atomic mass is 9.90. The lowest BCUT2D eigenvalue weighted by molar-refractivity contribution is -0.136. The van der Waals surface area contributed by atoms with Crippen LogP contribution >= 0.6 is 0 Å². The van der Waals surface area contributed by atoms with Crippen LogP contribution in [0.3, 0.4) is 0 Å². The molecule has 2 N–H and O–H groups in total. The van der Waals surface area contributed by atoms with Gasteiger partial charge in [0.25, 0.3) is 0 Å². The van der Waals surface area contributed by atoms with Crippen LogP contribution in [0, 0.1) is 11.8 Å². The number of hydrogen-bond donors (Lipinski definition) is 2. The zero-order chi connectivity index (χ0) is 19.2. The predicted octanol–water partition coefficient (Wildman–Crippen LogP) is 4.39. The van der Waals surface area contributed by atoms with Gasteiger partial charge in [-0.25, -0.2) is 0 Å². The molecule has 0 aliphatic heterocycles. The molecule has 0 amide bonds. The zero-order valence-corrected chi connectivity index (χ0v) is 15.5. The van der Waals surface area contributed by atoms with Gasteiger partial charge in [-0.05, 0) is 38.2 Å². The number of carboxylic acid groups (broad SMARTS) is 1. The van der Waals surface area contributed by atoms with E-state index in [2.05, 4.69) is 6.92 Å². The van der Waals surface area contributed by atoms with Crippen molar-refractivity contribution >= 4 is 11.8 Å². The van der Waals surface area contributed by atoms with E-state index < -0.39 is 12.1 Å². The highest BCUT2D eigenvalue weighted by molar-refractivity contribution is 5.95. The molecule has 0 spiro atoms. The van der Waals surface area contributed by atoms with Crippen LogP contribution in [-0.4, -0.2) is 28.1 Å². The Kier molecular flexibility index (Phi) is 11.0. The first-order chi connectivity index (χ1) is 12.5. The van der Waals surface area contributed by atoms with Gasteiger partial charge in [-0.2, -0.15) is 0 Å². The van der Waals surface area contributed by atoms with Crippen molar-refractivity contribution in [3.8, 4) is 0 Å². The number of carbonyl (C=O) groups is 2. The number of carbonyl (C=O) groups excluding carboxylic acids is 1. The molecule has 1 rings (SSSR count). The number of ketones is 1. The second kappa shape index (κ2) is 13.1. The fraction of sp³-hybridized carbons (Fsp3) is 0.455. The van der Waals surface area contributed by atoms with Gasteiger partial charge >= 0.3 is 5.97 Å². The summed E-state index contributed by atoms with van der Waals surface area (Å²) >= 11 is 0. The van der Waals surface area contributed by atoms with Gasteiger partial charge in [0.15, 0.2) is 5.78 Å². The van der Waals surface area contributed by atoms with Crippen molar-refractivity contribution in [3.63, 3.8) is 0 Å². The number of aliphatic carboxylic acids is 1. The maximum Gasteiger partial charge on any atom is 0.303 e. The summed E-state index contributed by atoms with van der Waals surface area (Å²) in [5.74, 6) is -0.732. The summed E-state index contributed by atoms with van der Waals surface area (Å²) in [5.41, 5.74) is 0. The number of aliphatic hydroxyl groups is 1. The molecule has 1 aliphatic rings. The normalized spacial score (nSPS) is 21.8. The number of carboxylic acids is 1. The van der Waals surface area contributed by atoms with E-state index in [4.69, 9.17) is 5.11 Å². The van der Waals surface area contributed by atoms with Gasteiger partial charge in [0.1, 0.15) is 0 Å². The maximum absolute atomic E-state index is 12.0. The quantitative estimate of drug-likeness (QED) is 0.507. The predicted molar refractivity (Wildman–Crippen MR) is 105 cm³/mol. The molecular formula is C22H30O4. The third-order valence-electron chi connectivity index (χ3n) is 4.17. The van der Waals surface area contributed by atoms with Crippen molar-refractivity contribution in [1.82, 2.24) is 0 Å². The van der Waals surface area contributed by atoms with Gasteiger partial charge in [0.2, 0.25) is 0 Å². The first-order valence-corrected chi connectivity index (χ1v) is 9.29. The molecule has 0 saturated carbocycles. The Bertz CT molecular complexity index is 581. The minimum atomic E-state index is -0.789. The molecule has 4 nitrogen and oxygen atoms in total. The Morgan fingerprint density at radius 2 is 1.96 bits per heavy atom. The van der Waals surface area contributed by atoms with E-state index >= 15 is 0 Å². The summed E-state index contributed by atoms with van der Waals surface area (Å²) in [7, 11) is 0. The average molecular weight is 358 g/mol. The molecule has 0 unspecified atom stereocenters. The molecule has 0 bridgehead atoms. The number of aliphatic hydroxyl groups excluding tert-OH is 1. The van der Waals surface area contributed by atoms with Crippen molar-refractivity contribution in [2.45, 2.75) is 51.6 Å². The van der Waals surface area contributed by atoms with E-state index in [1.807, 2.05) is 48.6 Å². The van der Waals surface area contributed by atoms with E-state index in [1.165, 1.54) is 0 Å². The van der Waals surface area contributed by atoms with Crippen molar-refractivity contribution in [1.29, 1.82) is 0 Å². The van der Waals surface area contributed by atoms with E-state index in [9.17, 15) is 14.7 Å². The minimum Gasteiger partial charge on any atom is -0.481 e. The second-order valence-corrected chi connectivity index (χ2v) is 6.36. The summed E-state index contributed by atoms with van der Waals surface area (Å²) in [5, 5.41) is 18.5. The number of hydrogen-bond acceptors (Lipinski definition) is 3. The van der Waals surface area contributed by atoms with Crippen LogP contribution in [-0.2, 0) is 9.59 Å². The van der Waals surface area contributed by atoms with Crippen LogP contribution in [0.25, 0.3) is 0 Å². The van der Waals surface area contributed by atoms with Gasteiger partial charge in [-0.3, -0.25) is 9.59 Å². The molecule has 0 aromatic rings. The Hall–Kier alpha value is -2.20. The smallest absolute Gasteiger partial charge is 0.303 e. The van der Waals surface area contributed by atoms with Crippen molar-refractivity contribution in [3.05, 3.63) is 60.8 Å². The van der Waals surface area contributed by atoms with Crippen molar-refractivity contribution in [2.75, 3.05) is 0 Å². The highest BCUT2D eigenvalue weighted by atomic mass is 16.4. The summed E-state index contributed by atoms with van der Waals surface area (Å²) in [6.45, 7) is 2.05. The van der Waals surface area contributed by atoms with Crippen LogP contribution in [0.2, 0.25) is 0 Å². The van der Waals surface area contributed by atoms with Crippen LogP contribution in [0.5, 0.6) is 0 Å².